The molecule has 0 amide bonds. The van der Waals surface area contributed by atoms with Gasteiger partial charge in [-0.25, -0.2) is 0 Å². The van der Waals surface area contributed by atoms with Gasteiger partial charge in [-0.15, -0.1) is 0 Å². The molecule has 0 aromatic heterocycles. The number of unbranched alkanes of at least 4 members (excludes halogenated alkanes) is 33. The van der Waals surface area contributed by atoms with E-state index < -0.39 is 6.10 Å². The molecule has 0 aliphatic heterocycles. The maximum atomic E-state index is 12.8. The number of rotatable bonds is 50. The summed E-state index contributed by atoms with van der Waals surface area (Å²) in [5.74, 6) is -0.893. The van der Waals surface area contributed by atoms with Crippen LogP contribution in [-0.2, 0) is 28.6 Å². The van der Waals surface area contributed by atoms with Gasteiger partial charge in [0.05, 0.1) is 0 Å². The summed E-state index contributed by atoms with van der Waals surface area (Å²) in [6.07, 6.45) is 61.2. The topological polar surface area (TPSA) is 78.9 Å². The zero-order valence-corrected chi connectivity index (χ0v) is 42.1. The van der Waals surface area contributed by atoms with Gasteiger partial charge < -0.3 is 14.2 Å². The zero-order valence-electron chi connectivity index (χ0n) is 42.1. The van der Waals surface area contributed by atoms with Gasteiger partial charge in [0, 0.05) is 19.3 Å². The molecule has 0 atom stereocenters. The molecule has 0 unspecified atom stereocenters. The molecular weight excluding hydrogens is 781 g/mol. The van der Waals surface area contributed by atoms with Crippen LogP contribution in [0.4, 0.5) is 0 Å². The Bertz CT molecular complexity index is 1010. The van der Waals surface area contributed by atoms with Crippen molar-refractivity contribution in [2.24, 2.45) is 0 Å². The van der Waals surface area contributed by atoms with Gasteiger partial charge in [-0.3, -0.25) is 14.4 Å². The third kappa shape index (κ3) is 50.5. The minimum atomic E-state index is -0.781. The van der Waals surface area contributed by atoms with E-state index in [2.05, 4.69) is 57.2 Å². The molecule has 0 aromatic carbocycles. The summed E-state index contributed by atoms with van der Waals surface area (Å²) in [6.45, 7) is 6.63. The molecule has 6 heteroatoms. The second-order valence-corrected chi connectivity index (χ2v) is 18.5. The fourth-order valence-electron chi connectivity index (χ4n) is 7.90. The summed E-state index contributed by atoms with van der Waals surface area (Å²) in [5.41, 5.74) is 0. The lowest BCUT2D eigenvalue weighted by Crippen LogP contribution is -2.30. The van der Waals surface area contributed by atoms with Gasteiger partial charge in [0.1, 0.15) is 13.2 Å². The fourth-order valence-corrected chi connectivity index (χ4v) is 7.90. The Hall–Kier alpha value is -2.37. The molecule has 0 heterocycles. The largest absolute Gasteiger partial charge is 0.462 e. The molecule has 0 spiro atoms. The average molecular weight is 885 g/mol. The molecule has 0 saturated carbocycles. The Morgan fingerprint density at radius 1 is 0.302 bits per heavy atom. The Balaban J connectivity index is 4.39. The molecule has 0 saturated heterocycles. The fraction of sp³-hybridized carbons (Fsp3) is 0.842. The first kappa shape index (κ1) is 60.6. The molecule has 63 heavy (non-hydrogen) atoms. The third-order valence-electron chi connectivity index (χ3n) is 12.1. The van der Waals surface area contributed by atoms with E-state index in [1.54, 1.807) is 0 Å². The second-order valence-electron chi connectivity index (χ2n) is 18.5. The number of allylic oxidation sites excluding steroid dienone is 6. The highest BCUT2D eigenvalue weighted by Crippen LogP contribution is 2.15. The van der Waals surface area contributed by atoms with Crippen LogP contribution in [0, 0.1) is 0 Å². The van der Waals surface area contributed by atoms with E-state index in [1.807, 2.05) is 0 Å². The first-order valence-electron chi connectivity index (χ1n) is 27.5. The van der Waals surface area contributed by atoms with Crippen molar-refractivity contribution in [1.29, 1.82) is 0 Å². The van der Waals surface area contributed by atoms with Crippen LogP contribution in [0.3, 0.4) is 0 Å². The molecule has 0 radical (unpaired) electrons. The predicted octanol–water partition coefficient (Wildman–Crippen LogP) is 18.1. The van der Waals surface area contributed by atoms with Gasteiger partial charge >= 0.3 is 17.9 Å². The van der Waals surface area contributed by atoms with Crippen LogP contribution in [-0.4, -0.2) is 37.2 Å². The highest BCUT2D eigenvalue weighted by Gasteiger charge is 2.19. The lowest BCUT2D eigenvalue weighted by molar-refractivity contribution is -0.167. The highest BCUT2D eigenvalue weighted by atomic mass is 16.6. The van der Waals surface area contributed by atoms with Crippen LogP contribution in [0.5, 0.6) is 0 Å². The van der Waals surface area contributed by atoms with E-state index >= 15 is 0 Å². The highest BCUT2D eigenvalue weighted by molar-refractivity contribution is 5.71. The number of hydrogen-bond acceptors (Lipinski definition) is 6. The number of hydrogen-bond donors (Lipinski definition) is 0. The summed E-state index contributed by atoms with van der Waals surface area (Å²) in [6, 6.07) is 0. The van der Waals surface area contributed by atoms with Crippen molar-refractivity contribution in [3.63, 3.8) is 0 Å². The maximum absolute atomic E-state index is 12.8. The van der Waals surface area contributed by atoms with Gasteiger partial charge in [0.25, 0.3) is 0 Å². The van der Waals surface area contributed by atoms with Crippen molar-refractivity contribution >= 4 is 17.9 Å². The third-order valence-corrected chi connectivity index (χ3v) is 12.1. The van der Waals surface area contributed by atoms with Crippen LogP contribution >= 0.6 is 0 Å². The van der Waals surface area contributed by atoms with Crippen LogP contribution in [0.1, 0.15) is 290 Å². The Kier molecular flexibility index (Phi) is 50.3. The first-order chi connectivity index (χ1) is 31.0. The van der Waals surface area contributed by atoms with Crippen LogP contribution in [0.15, 0.2) is 36.5 Å². The quantitative estimate of drug-likeness (QED) is 0.0262. The number of esters is 3. The van der Waals surface area contributed by atoms with Crippen LogP contribution < -0.4 is 0 Å². The van der Waals surface area contributed by atoms with Crippen molar-refractivity contribution in [2.45, 2.75) is 297 Å². The molecule has 0 aliphatic rings. The van der Waals surface area contributed by atoms with E-state index in [9.17, 15) is 14.4 Å². The summed E-state index contributed by atoms with van der Waals surface area (Å²) in [7, 11) is 0. The van der Waals surface area contributed by atoms with Crippen molar-refractivity contribution in [3.8, 4) is 0 Å². The van der Waals surface area contributed by atoms with E-state index in [0.29, 0.717) is 19.3 Å². The minimum Gasteiger partial charge on any atom is -0.462 e. The summed E-state index contributed by atoms with van der Waals surface area (Å²) in [5, 5.41) is 0. The molecule has 368 valence electrons. The van der Waals surface area contributed by atoms with Gasteiger partial charge in [0.15, 0.2) is 6.10 Å². The van der Waals surface area contributed by atoms with Crippen LogP contribution in [0.25, 0.3) is 0 Å². The summed E-state index contributed by atoms with van der Waals surface area (Å²) >= 11 is 0. The summed E-state index contributed by atoms with van der Waals surface area (Å²) < 4.78 is 16.8. The lowest BCUT2D eigenvalue weighted by atomic mass is 10.1. The van der Waals surface area contributed by atoms with E-state index in [1.165, 1.54) is 173 Å². The van der Waals surface area contributed by atoms with Gasteiger partial charge in [0.2, 0.25) is 0 Å². The smallest absolute Gasteiger partial charge is 0.306 e. The molecule has 0 N–H and O–H groups in total. The van der Waals surface area contributed by atoms with E-state index in [-0.39, 0.29) is 31.1 Å². The van der Waals surface area contributed by atoms with Gasteiger partial charge in [-0.05, 0) is 96.3 Å². The Morgan fingerprint density at radius 2 is 0.524 bits per heavy atom. The van der Waals surface area contributed by atoms with Crippen molar-refractivity contribution in [2.75, 3.05) is 13.2 Å². The van der Waals surface area contributed by atoms with E-state index in [0.717, 1.165) is 77.0 Å². The first-order valence-corrected chi connectivity index (χ1v) is 27.5. The van der Waals surface area contributed by atoms with E-state index in [4.69, 9.17) is 14.2 Å². The molecule has 0 aromatic rings. The molecular formula is C57H104O6. The number of carbonyl (C=O) groups is 3. The van der Waals surface area contributed by atoms with Crippen molar-refractivity contribution < 1.29 is 28.6 Å². The predicted molar refractivity (Wildman–Crippen MR) is 270 cm³/mol. The monoisotopic (exact) mass is 885 g/mol. The molecule has 0 bridgehead atoms. The van der Waals surface area contributed by atoms with Gasteiger partial charge in [-0.1, -0.05) is 211 Å². The zero-order chi connectivity index (χ0) is 45.8. The molecule has 6 nitrogen and oxygen atoms in total. The van der Waals surface area contributed by atoms with Crippen molar-refractivity contribution in [1.82, 2.24) is 0 Å². The average Bonchev–Trinajstić information content (AvgIpc) is 3.28. The Morgan fingerprint density at radius 3 is 0.794 bits per heavy atom. The number of carbonyl (C=O) groups excluding carboxylic acids is 3. The lowest BCUT2D eigenvalue weighted by Gasteiger charge is -2.18. The number of ether oxygens (including phenoxy) is 3. The normalized spacial score (nSPS) is 11.8. The maximum Gasteiger partial charge on any atom is 0.306 e. The standard InChI is InChI=1S/C57H104O6/c1-4-7-10-13-16-19-22-25-28-31-34-37-40-43-46-49-55(58)61-52-54(63-57(60)51-48-45-42-39-36-33-30-27-24-21-18-15-12-9-6-3)53-62-56(59)50-47-44-41-38-35-32-29-26-23-20-17-14-11-8-5-2/h25-30,54H,4-24,31-53H2,1-3H3/b28-25-,29-26-,30-27+. The molecule has 0 fully saturated rings. The van der Waals surface area contributed by atoms with Gasteiger partial charge in [-0.2, -0.15) is 0 Å². The minimum absolute atomic E-state index is 0.0806. The SMILES string of the molecule is CCCCCCCC/C=C\CCCCCCCC(=O)OCC(COC(=O)CCCCCCC/C=C\CCCCCCCC)OC(=O)CCCCCCC/C=C/CCCCCCCC. The summed E-state index contributed by atoms with van der Waals surface area (Å²) in [4.78, 5) is 38.0. The van der Waals surface area contributed by atoms with Crippen LogP contribution in [0.2, 0.25) is 0 Å². The molecule has 0 aliphatic carbocycles. The molecule has 0 rings (SSSR count). The Labute approximate surface area is 391 Å². The second kappa shape index (κ2) is 52.3. The van der Waals surface area contributed by atoms with Crippen molar-refractivity contribution in [3.05, 3.63) is 36.5 Å².